The summed E-state index contributed by atoms with van der Waals surface area (Å²) in [6.07, 6.45) is 7.90. The lowest BCUT2D eigenvalue weighted by atomic mass is 9.65. The molecular formula is C25H30F2O. The summed E-state index contributed by atoms with van der Waals surface area (Å²) in [7, 11) is 0. The molecule has 4 atom stereocenters. The van der Waals surface area contributed by atoms with Crippen molar-refractivity contribution in [2.45, 2.75) is 64.4 Å². The number of hydrogen-bond donors (Lipinski definition) is 0. The normalized spacial score (nSPS) is 27.4. The van der Waals surface area contributed by atoms with Crippen LogP contribution < -0.4 is 0 Å². The van der Waals surface area contributed by atoms with Crippen LogP contribution in [0.1, 0.15) is 62.5 Å². The first-order chi connectivity index (χ1) is 13.6. The summed E-state index contributed by atoms with van der Waals surface area (Å²) in [4.78, 5) is 0. The Morgan fingerprint density at radius 2 is 1.57 bits per heavy atom. The minimum atomic E-state index is -0.751. The summed E-state index contributed by atoms with van der Waals surface area (Å²) in [5.41, 5.74) is 2.76. The number of rotatable bonds is 4. The summed E-state index contributed by atoms with van der Waals surface area (Å²) in [5.74, 6) is 0.699. The molecule has 2 fully saturated rings. The van der Waals surface area contributed by atoms with Crippen molar-refractivity contribution >= 4 is 0 Å². The summed E-state index contributed by atoms with van der Waals surface area (Å²) in [5, 5.41) is 0. The molecule has 150 valence electrons. The van der Waals surface area contributed by atoms with Crippen LogP contribution in [-0.2, 0) is 4.74 Å². The Bertz CT molecular complexity index is 814. The lowest BCUT2D eigenvalue weighted by Crippen LogP contribution is -2.33. The van der Waals surface area contributed by atoms with E-state index in [0.29, 0.717) is 23.1 Å². The number of hydrogen-bond acceptors (Lipinski definition) is 1. The lowest BCUT2D eigenvalue weighted by molar-refractivity contribution is -0.00955. The van der Waals surface area contributed by atoms with Gasteiger partial charge in [-0.15, -0.1) is 0 Å². The fourth-order valence-corrected chi connectivity index (χ4v) is 5.34. The van der Waals surface area contributed by atoms with E-state index in [2.05, 4.69) is 19.1 Å². The molecule has 28 heavy (non-hydrogen) atoms. The highest BCUT2D eigenvalue weighted by Crippen LogP contribution is 2.46. The third kappa shape index (κ3) is 3.87. The third-order valence-electron chi connectivity index (χ3n) is 6.94. The van der Waals surface area contributed by atoms with Crippen LogP contribution in [0.2, 0.25) is 0 Å². The van der Waals surface area contributed by atoms with Gasteiger partial charge in [0, 0.05) is 12.2 Å². The monoisotopic (exact) mass is 384 g/mol. The molecule has 0 radical (unpaired) electrons. The molecule has 0 N–H and O–H groups in total. The maximum Gasteiger partial charge on any atom is 0.166 e. The minimum absolute atomic E-state index is 0.340. The molecule has 1 nitrogen and oxygen atoms in total. The van der Waals surface area contributed by atoms with Crippen LogP contribution in [0.3, 0.4) is 0 Å². The van der Waals surface area contributed by atoms with Gasteiger partial charge >= 0.3 is 0 Å². The van der Waals surface area contributed by atoms with E-state index in [-0.39, 0.29) is 0 Å². The average Bonchev–Trinajstić information content (AvgIpc) is 2.72. The summed E-state index contributed by atoms with van der Waals surface area (Å²) >= 11 is 0. The first-order valence-electron chi connectivity index (χ1n) is 10.7. The minimum Gasteiger partial charge on any atom is -0.378 e. The van der Waals surface area contributed by atoms with Crippen molar-refractivity contribution in [2.24, 2.45) is 11.8 Å². The molecule has 0 aliphatic heterocycles. The Balaban J connectivity index is 1.45. The largest absolute Gasteiger partial charge is 0.378 e. The van der Waals surface area contributed by atoms with Crippen LogP contribution in [0.25, 0.3) is 11.1 Å². The molecule has 2 aliphatic rings. The zero-order valence-corrected chi connectivity index (χ0v) is 16.9. The molecule has 0 heterocycles. The number of ether oxygens (including phenoxy) is 1. The van der Waals surface area contributed by atoms with Crippen LogP contribution in [0.5, 0.6) is 0 Å². The van der Waals surface area contributed by atoms with Gasteiger partial charge in [0.05, 0.1) is 6.10 Å². The van der Waals surface area contributed by atoms with Gasteiger partial charge in [0.2, 0.25) is 0 Å². The smallest absolute Gasteiger partial charge is 0.166 e. The Morgan fingerprint density at radius 3 is 2.32 bits per heavy atom. The fraction of sp³-hybridized carbons (Fsp3) is 0.520. The highest BCUT2D eigenvalue weighted by Gasteiger charge is 2.36. The first-order valence-corrected chi connectivity index (χ1v) is 10.7. The molecule has 2 aromatic rings. The number of halogens is 2. The number of aryl methyl sites for hydroxylation is 1. The Hall–Kier alpha value is -1.74. The average molecular weight is 385 g/mol. The molecular weight excluding hydrogens is 354 g/mol. The Kier molecular flexibility index (Phi) is 5.82. The van der Waals surface area contributed by atoms with Crippen molar-refractivity contribution in [1.82, 2.24) is 0 Å². The zero-order chi connectivity index (χ0) is 19.7. The van der Waals surface area contributed by atoms with Crippen molar-refractivity contribution in [1.29, 1.82) is 0 Å². The molecule has 0 saturated heterocycles. The summed E-state index contributed by atoms with van der Waals surface area (Å²) in [6.45, 7) is 4.50. The standard InChI is InChI=1S/C25H30F2O/c1-3-28-22-12-11-20-14-19(9-10-21(20)15-22)17-5-7-18(8-6-17)23-13-4-16(2)24(26)25(23)27/h4-8,13,19-22H,3,9-12,14-15H2,1-2H3. The van der Waals surface area contributed by atoms with Crippen molar-refractivity contribution in [2.75, 3.05) is 6.61 Å². The third-order valence-corrected chi connectivity index (χ3v) is 6.94. The number of benzene rings is 2. The van der Waals surface area contributed by atoms with Gasteiger partial charge in [-0.3, -0.25) is 0 Å². The highest BCUT2D eigenvalue weighted by molar-refractivity contribution is 5.65. The predicted molar refractivity (Wildman–Crippen MR) is 109 cm³/mol. The molecule has 3 heteroatoms. The Morgan fingerprint density at radius 1 is 0.857 bits per heavy atom. The van der Waals surface area contributed by atoms with Gasteiger partial charge in [0.1, 0.15) is 0 Å². The van der Waals surface area contributed by atoms with Crippen LogP contribution in [0.4, 0.5) is 8.78 Å². The van der Waals surface area contributed by atoms with Crippen LogP contribution in [0, 0.1) is 30.4 Å². The van der Waals surface area contributed by atoms with Gasteiger partial charge in [-0.1, -0.05) is 36.4 Å². The fourth-order valence-electron chi connectivity index (χ4n) is 5.34. The molecule has 2 aliphatic carbocycles. The summed E-state index contributed by atoms with van der Waals surface area (Å²) < 4.78 is 34.1. The van der Waals surface area contributed by atoms with Crippen LogP contribution in [-0.4, -0.2) is 12.7 Å². The van der Waals surface area contributed by atoms with E-state index < -0.39 is 11.6 Å². The predicted octanol–water partition coefficient (Wildman–Crippen LogP) is 7.03. The van der Waals surface area contributed by atoms with E-state index >= 15 is 0 Å². The van der Waals surface area contributed by atoms with Gasteiger partial charge in [-0.05, 0) is 86.8 Å². The molecule has 2 saturated carbocycles. The quantitative estimate of drug-likeness (QED) is 0.550. The summed E-state index contributed by atoms with van der Waals surface area (Å²) in [6, 6.07) is 11.4. The van der Waals surface area contributed by atoms with Gasteiger partial charge in [-0.2, -0.15) is 0 Å². The van der Waals surface area contributed by atoms with Gasteiger partial charge in [0.15, 0.2) is 11.6 Å². The maximum atomic E-state index is 14.3. The van der Waals surface area contributed by atoms with Gasteiger partial charge in [0.25, 0.3) is 0 Å². The molecule has 0 aromatic heterocycles. The van der Waals surface area contributed by atoms with Crippen molar-refractivity contribution in [3.63, 3.8) is 0 Å². The highest BCUT2D eigenvalue weighted by atomic mass is 19.2. The topological polar surface area (TPSA) is 9.23 Å². The second kappa shape index (κ2) is 8.32. The number of fused-ring (bicyclic) bond motifs is 1. The maximum absolute atomic E-state index is 14.3. The van der Waals surface area contributed by atoms with E-state index in [4.69, 9.17) is 4.74 Å². The van der Waals surface area contributed by atoms with E-state index in [1.54, 1.807) is 19.1 Å². The second-order valence-electron chi connectivity index (χ2n) is 8.60. The van der Waals surface area contributed by atoms with E-state index in [1.807, 2.05) is 12.1 Å². The molecule has 4 unspecified atom stereocenters. The van der Waals surface area contributed by atoms with E-state index in [9.17, 15) is 8.78 Å². The van der Waals surface area contributed by atoms with Crippen molar-refractivity contribution in [3.05, 3.63) is 59.2 Å². The van der Waals surface area contributed by atoms with Crippen molar-refractivity contribution < 1.29 is 13.5 Å². The Labute approximate surface area is 167 Å². The van der Waals surface area contributed by atoms with Crippen LogP contribution in [0.15, 0.2) is 36.4 Å². The SMILES string of the molecule is CCOC1CCC2CC(c3ccc(-c4ccc(C)c(F)c4F)cc3)CCC2C1. The molecule has 2 aromatic carbocycles. The molecule has 4 rings (SSSR count). The second-order valence-corrected chi connectivity index (χ2v) is 8.60. The molecule has 0 amide bonds. The van der Waals surface area contributed by atoms with Crippen molar-refractivity contribution in [3.8, 4) is 11.1 Å². The lowest BCUT2D eigenvalue weighted by Gasteiger charge is -2.42. The van der Waals surface area contributed by atoms with E-state index in [0.717, 1.165) is 24.0 Å². The molecule has 0 bridgehead atoms. The zero-order valence-electron chi connectivity index (χ0n) is 16.9. The van der Waals surface area contributed by atoms with Crippen LogP contribution >= 0.6 is 0 Å². The first kappa shape index (κ1) is 19.6. The van der Waals surface area contributed by atoms with Gasteiger partial charge < -0.3 is 4.74 Å². The molecule has 0 spiro atoms. The van der Waals surface area contributed by atoms with E-state index in [1.165, 1.54) is 44.1 Å². The van der Waals surface area contributed by atoms with Gasteiger partial charge in [-0.25, -0.2) is 8.78 Å².